The number of azo groups is 1. The number of non-ortho nitro benzene ring substituents is 1. The van der Waals surface area contributed by atoms with Gasteiger partial charge in [0.2, 0.25) is 5.39 Å². The van der Waals surface area contributed by atoms with Crippen LogP contribution in [0.2, 0.25) is 0 Å². The zero-order chi connectivity index (χ0) is 43.4. The van der Waals surface area contributed by atoms with Crippen LogP contribution in [0.15, 0.2) is 156 Å². The minimum Gasteiger partial charge on any atom is -0.493 e. The minimum atomic E-state index is -0.417. The van der Waals surface area contributed by atoms with Crippen molar-refractivity contribution in [2.75, 3.05) is 38.9 Å². The Morgan fingerprint density at radius 2 is 1.15 bits per heavy atom. The van der Waals surface area contributed by atoms with Gasteiger partial charge in [-0.3, -0.25) is 10.1 Å². The van der Waals surface area contributed by atoms with Gasteiger partial charge >= 0.3 is 5.69 Å². The van der Waals surface area contributed by atoms with Gasteiger partial charge in [0, 0.05) is 49.2 Å². The summed E-state index contributed by atoms with van der Waals surface area (Å²) in [6.45, 7) is 7.88. The third-order valence-corrected chi connectivity index (χ3v) is 8.94. The monoisotopic (exact) mass is 804 g/mol. The normalized spacial score (nSPS) is 10.1. The number of diazo groups is 1. The first-order chi connectivity index (χ1) is 29.0. The number of methoxy groups -OCH3 is 2. The molecule has 0 unspecified atom stereocenters. The van der Waals surface area contributed by atoms with Crippen LogP contribution in [0.4, 0.5) is 34.1 Å². The average molecular weight is 805 g/mol. The van der Waals surface area contributed by atoms with E-state index in [1.54, 1.807) is 45.5 Å². The van der Waals surface area contributed by atoms with Crippen LogP contribution in [-0.2, 0) is 0 Å². The third kappa shape index (κ3) is 13.4. The van der Waals surface area contributed by atoms with Crippen molar-refractivity contribution < 1.29 is 19.1 Å². The maximum Gasteiger partial charge on any atom is 0.388 e. The molecule has 306 valence electrons. The molecule has 0 heterocycles. The van der Waals surface area contributed by atoms with Crippen molar-refractivity contribution in [3.05, 3.63) is 183 Å². The van der Waals surface area contributed by atoms with Crippen molar-refractivity contribution in [3.8, 4) is 23.0 Å². The predicted molar refractivity (Wildman–Crippen MR) is 243 cm³/mol. The number of nitrogens with zero attached hydrogens (tertiary/aromatic N) is 5. The van der Waals surface area contributed by atoms with E-state index in [1.165, 1.54) is 22.9 Å². The minimum absolute atomic E-state index is 0.115. The molecule has 7 aromatic carbocycles. The van der Waals surface area contributed by atoms with E-state index >= 15 is 0 Å². The molecule has 0 aliphatic carbocycles. The predicted octanol–water partition coefficient (Wildman–Crippen LogP) is 13.8. The summed E-state index contributed by atoms with van der Waals surface area (Å²) in [5, 5.41) is 35.8. The summed E-state index contributed by atoms with van der Waals surface area (Å²) in [6, 6.07) is 45.7. The number of anilines is 2. The Hall–Kier alpha value is -7.78. The molecule has 7 rings (SSSR count). The lowest BCUT2D eigenvalue weighted by molar-refractivity contribution is -0.384. The number of nitro benzene ring substituents is 1. The Kier molecular flexibility index (Phi) is 17.1. The van der Waals surface area contributed by atoms with E-state index in [0.29, 0.717) is 28.7 Å². The second-order valence-electron chi connectivity index (χ2n) is 13.3. The lowest BCUT2D eigenvalue weighted by atomic mass is 10.1. The highest BCUT2D eigenvalue weighted by atomic mass is 16.6. The molecule has 12 heteroatoms. The summed E-state index contributed by atoms with van der Waals surface area (Å²) >= 11 is 0. The Bertz CT molecular complexity index is 2520. The summed E-state index contributed by atoms with van der Waals surface area (Å²) in [4.78, 5) is 12.9. The molecule has 12 nitrogen and oxygen atoms in total. The lowest BCUT2D eigenvalue weighted by Crippen LogP contribution is -1.94. The number of rotatable bonds is 9. The second kappa shape index (κ2) is 22.8. The zero-order valence-corrected chi connectivity index (χ0v) is 35.1. The SMILES string of the molecule is CNc1ccc([N+](=O)[O-])cc1.CNc1ccc2ccccc2c1.COc1cc(C)ccc1Oc1ccc(C)cc1OC.Cc1ccccc1N=Nc1ccc([N+]#N)c(C)c1. The standard InChI is InChI=1S/C16H18O3.C14H13N4.C11H11N.C7H8N2O2/c1-11-5-7-13(15(9-11)17-3)19-14-8-6-12(2)10-16(14)18-4;1-10-5-3-4-6-14(10)18-17-12-7-8-13(16-15)11(2)9-12;1-12-11-7-6-9-4-2-3-5-10(9)8-11;1-8-6-2-4-7(5-3-6)9(10)11/h5-10H,1-4H3;3-9H,1-2H3;2-8,12H,1H3;2-5,8H,1H3/q;+1;;. The van der Waals surface area contributed by atoms with E-state index in [-0.39, 0.29) is 5.69 Å². The molecule has 0 atom stereocenters. The second-order valence-corrected chi connectivity index (χ2v) is 13.3. The van der Waals surface area contributed by atoms with E-state index in [0.717, 1.165) is 45.0 Å². The smallest absolute Gasteiger partial charge is 0.388 e. The van der Waals surface area contributed by atoms with Gasteiger partial charge in [0.15, 0.2) is 28.0 Å². The van der Waals surface area contributed by atoms with E-state index in [4.69, 9.17) is 19.6 Å². The topological polar surface area (TPSA) is 148 Å². The maximum absolute atomic E-state index is 10.2. The van der Waals surface area contributed by atoms with Gasteiger partial charge in [0.05, 0.1) is 30.5 Å². The first-order valence-electron chi connectivity index (χ1n) is 19.0. The molecule has 0 spiro atoms. The number of fused-ring (bicyclic) bond motifs is 1. The van der Waals surface area contributed by atoms with Crippen LogP contribution in [0.1, 0.15) is 22.3 Å². The molecular formula is C48H50N7O5+. The highest BCUT2D eigenvalue weighted by molar-refractivity contribution is 5.85. The summed E-state index contributed by atoms with van der Waals surface area (Å²) in [5.74, 6) is 2.77. The van der Waals surface area contributed by atoms with Crippen molar-refractivity contribution in [2.24, 2.45) is 10.2 Å². The van der Waals surface area contributed by atoms with Gasteiger partial charge in [-0.2, -0.15) is 10.2 Å². The third-order valence-electron chi connectivity index (χ3n) is 8.94. The fourth-order valence-corrected chi connectivity index (χ4v) is 5.53. The van der Waals surface area contributed by atoms with Crippen LogP contribution in [-0.4, -0.2) is 33.2 Å². The molecule has 60 heavy (non-hydrogen) atoms. The molecule has 0 fully saturated rings. The quantitative estimate of drug-likeness (QED) is 0.0634. The Morgan fingerprint density at radius 1 is 0.583 bits per heavy atom. The molecule has 7 aromatic rings. The number of nitro groups is 1. The number of aryl methyl sites for hydroxylation is 4. The average Bonchev–Trinajstić information content (AvgIpc) is 3.27. The summed E-state index contributed by atoms with van der Waals surface area (Å²) in [6.07, 6.45) is 0. The van der Waals surface area contributed by atoms with E-state index in [2.05, 4.69) is 68.3 Å². The fraction of sp³-hybridized carbons (Fsp3) is 0.167. The molecule has 0 bridgehead atoms. The number of benzene rings is 7. The number of hydrogen-bond donors (Lipinski definition) is 2. The molecular weight excluding hydrogens is 755 g/mol. The summed E-state index contributed by atoms with van der Waals surface area (Å²) < 4.78 is 16.5. The molecule has 0 amide bonds. The van der Waals surface area contributed by atoms with Crippen molar-refractivity contribution in [1.29, 1.82) is 5.39 Å². The molecule has 0 aliphatic heterocycles. The molecule has 0 saturated carbocycles. The highest BCUT2D eigenvalue weighted by Crippen LogP contribution is 2.37. The number of ether oxygens (including phenoxy) is 3. The van der Waals surface area contributed by atoms with Gasteiger partial charge in [0.1, 0.15) is 0 Å². The highest BCUT2D eigenvalue weighted by Gasteiger charge is 2.11. The largest absolute Gasteiger partial charge is 0.493 e. The van der Waals surface area contributed by atoms with Gasteiger partial charge in [-0.15, -0.1) is 0 Å². The lowest BCUT2D eigenvalue weighted by Gasteiger charge is -2.13. The van der Waals surface area contributed by atoms with E-state index < -0.39 is 4.92 Å². The molecule has 0 aromatic heterocycles. The fourth-order valence-electron chi connectivity index (χ4n) is 5.53. The van der Waals surface area contributed by atoms with Gasteiger partial charge < -0.3 is 24.8 Å². The maximum atomic E-state index is 10.2. The van der Waals surface area contributed by atoms with Gasteiger partial charge in [-0.1, -0.05) is 60.7 Å². The molecule has 0 aliphatic rings. The summed E-state index contributed by atoms with van der Waals surface area (Å²) in [7, 11) is 6.97. The summed E-state index contributed by atoms with van der Waals surface area (Å²) in [5.41, 5.74) is 8.48. The van der Waals surface area contributed by atoms with Gasteiger partial charge in [0.25, 0.3) is 5.69 Å². The van der Waals surface area contributed by atoms with Crippen LogP contribution in [0.3, 0.4) is 0 Å². The van der Waals surface area contributed by atoms with Crippen LogP contribution < -0.4 is 24.8 Å². The molecule has 2 N–H and O–H groups in total. The van der Waals surface area contributed by atoms with E-state index in [1.807, 2.05) is 101 Å². The van der Waals surface area contributed by atoms with Crippen LogP contribution in [0.25, 0.3) is 15.7 Å². The molecule has 0 radical (unpaired) electrons. The Morgan fingerprint density at radius 3 is 1.68 bits per heavy atom. The van der Waals surface area contributed by atoms with Crippen LogP contribution in [0, 0.1) is 43.2 Å². The van der Waals surface area contributed by atoms with Crippen molar-refractivity contribution >= 4 is 44.9 Å². The van der Waals surface area contributed by atoms with Crippen molar-refractivity contribution in [3.63, 3.8) is 0 Å². The van der Waals surface area contributed by atoms with E-state index in [9.17, 15) is 10.1 Å². The number of nitrogens with one attached hydrogen (secondary N) is 2. The Labute approximate surface area is 351 Å². The van der Waals surface area contributed by atoms with Crippen molar-refractivity contribution in [1.82, 2.24) is 0 Å². The van der Waals surface area contributed by atoms with Gasteiger partial charge in [-0.05, 0) is 122 Å². The molecule has 0 saturated heterocycles. The van der Waals surface area contributed by atoms with Crippen molar-refractivity contribution in [2.45, 2.75) is 27.7 Å². The first kappa shape index (κ1) is 44.9. The number of hydrogen-bond acceptors (Lipinski definition) is 10. The Balaban J connectivity index is 0.000000181. The van der Waals surface area contributed by atoms with Gasteiger partial charge in [-0.25, -0.2) is 0 Å². The zero-order valence-electron chi connectivity index (χ0n) is 35.1. The first-order valence-corrected chi connectivity index (χ1v) is 19.0. The van der Waals surface area contributed by atoms with Crippen LogP contribution >= 0.6 is 0 Å². The van der Waals surface area contributed by atoms with Crippen LogP contribution in [0.5, 0.6) is 23.0 Å².